The summed E-state index contributed by atoms with van der Waals surface area (Å²) in [7, 11) is 1.41. The van der Waals surface area contributed by atoms with Gasteiger partial charge in [0.25, 0.3) is 5.69 Å². The van der Waals surface area contributed by atoms with Crippen molar-refractivity contribution < 1.29 is 14.5 Å². The van der Waals surface area contributed by atoms with Gasteiger partial charge in [-0.2, -0.15) is 5.10 Å². The van der Waals surface area contributed by atoms with E-state index < -0.39 is 16.9 Å². The van der Waals surface area contributed by atoms with E-state index in [0.29, 0.717) is 17.2 Å². The summed E-state index contributed by atoms with van der Waals surface area (Å²) in [6, 6.07) is 3.59. The molecule has 1 N–H and O–H groups in total. The summed E-state index contributed by atoms with van der Waals surface area (Å²) < 4.78 is 6.38. The Hall–Kier alpha value is -2.61. The summed E-state index contributed by atoms with van der Waals surface area (Å²) in [5.41, 5.74) is -0.149. The third kappa shape index (κ3) is 3.78. The highest BCUT2D eigenvalue weighted by Gasteiger charge is 2.23. The fourth-order valence-electron chi connectivity index (χ4n) is 2.09. The van der Waals surface area contributed by atoms with Crippen LogP contribution in [0.25, 0.3) is 0 Å². The Kier molecular flexibility index (Phi) is 5.17. The van der Waals surface area contributed by atoms with Gasteiger partial charge in [-0.1, -0.05) is 18.5 Å². The molecule has 0 saturated carbocycles. The average molecular weight is 339 g/mol. The van der Waals surface area contributed by atoms with Gasteiger partial charge in [-0.25, -0.2) is 0 Å². The highest BCUT2D eigenvalue weighted by atomic mass is 35.5. The third-order valence-electron chi connectivity index (χ3n) is 3.24. The lowest BCUT2D eigenvalue weighted by atomic mass is 10.2. The number of carbonyl (C=O) groups excluding carboxylic acids is 1. The van der Waals surface area contributed by atoms with Gasteiger partial charge in [0.15, 0.2) is 0 Å². The van der Waals surface area contributed by atoms with Crippen molar-refractivity contribution in [2.45, 2.75) is 19.4 Å². The summed E-state index contributed by atoms with van der Waals surface area (Å²) in [4.78, 5) is 23.0. The first-order chi connectivity index (χ1) is 11.0. The van der Waals surface area contributed by atoms with Crippen LogP contribution in [0.3, 0.4) is 0 Å². The van der Waals surface area contributed by atoms with Crippen LogP contribution in [-0.2, 0) is 4.79 Å². The molecule has 0 bridgehead atoms. The Morgan fingerprint density at radius 1 is 1.57 bits per heavy atom. The van der Waals surface area contributed by atoms with Crippen molar-refractivity contribution >= 4 is 28.9 Å². The predicted octanol–water partition coefficient (Wildman–Crippen LogP) is 3.04. The van der Waals surface area contributed by atoms with Gasteiger partial charge in [-0.05, 0) is 18.6 Å². The first kappa shape index (κ1) is 16.8. The van der Waals surface area contributed by atoms with Crippen LogP contribution in [0.1, 0.15) is 19.4 Å². The number of anilines is 1. The number of methoxy groups -OCH3 is 1. The first-order valence-electron chi connectivity index (χ1n) is 6.79. The number of carbonyl (C=O) groups is 1. The minimum atomic E-state index is -0.621. The number of halogens is 1. The van der Waals surface area contributed by atoms with E-state index in [1.165, 1.54) is 42.4 Å². The zero-order chi connectivity index (χ0) is 17.0. The van der Waals surface area contributed by atoms with Gasteiger partial charge in [0, 0.05) is 6.20 Å². The number of ether oxygens (including phenoxy) is 1. The number of hydrogen-bond acceptors (Lipinski definition) is 5. The zero-order valence-corrected chi connectivity index (χ0v) is 13.3. The molecule has 1 aromatic heterocycles. The van der Waals surface area contributed by atoms with Crippen LogP contribution >= 0.6 is 11.6 Å². The molecule has 122 valence electrons. The first-order valence-corrected chi connectivity index (χ1v) is 7.17. The maximum Gasteiger partial charge on any atom is 0.296 e. The fraction of sp³-hybridized carbons (Fsp3) is 0.286. The SMILES string of the molecule is CCC(C(=O)Nc1ccc(OC)cc1[N+](=O)[O-])n1cc(Cl)cn1. The van der Waals surface area contributed by atoms with Gasteiger partial charge in [0.05, 0.1) is 29.3 Å². The van der Waals surface area contributed by atoms with E-state index in [0.717, 1.165) is 0 Å². The molecule has 0 aliphatic heterocycles. The number of nitrogens with one attached hydrogen (secondary N) is 1. The van der Waals surface area contributed by atoms with Crippen molar-refractivity contribution in [2.24, 2.45) is 0 Å². The number of aromatic nitrogens is 2. The summed E-state index contributed by atoms with van der Waals surface area (Å²) in [5, 5.41) is 18.1. The van der Waals surface area contributed by atoms with E-state index in [4.69, 9.17) is 16.3 Å². The van der Waals surface area contributed by atoms with Crippen LogP contribution in [0.4, 0.5) is 11.4 Å². The Balaban J connectivity index is 2.26. The Labute approximate surface area is 137 Å². The number of hydrogen-bond donors (Lipinski definition) is 1. The maximum absolute atomic E-state index is 12.4. The molecule has 0 saturated heterocycles. The number of nitro groups is 1. The number of nitrogens with zero attached hydrogens (tertiary/aromatic N) is 3. The second-order valence-corrected chi connectivity index (χ2v) is 5.13. The molecule has 8 nitrogen and oxygen atoms in total. The number of rotatable bonds is 6. The van der Waals surface area contributed by atoms with E-state index in [1.54, 1.807) is 0 Å². The average Bonchev–Trinajstić information content (AvgIpc) is 2.94. The van der Waals surface area contributed by atoms with E-state index >= 15 is 0 Å². The molecular weight excluding hydrogens is 324 g/mol. The normalized spacial score (nSPS) is 11.8. The summed E-state index contributed by atoms with van der Waals surface area (Å²) in [6.45, 7) is 1.81. The van der Waals surface area contributed by atoms with Crippen LogP contribution in [0.15, 0.2) is 30.6 Å². The van der Waals surface area contributed by atoms with Crippen molar-refractivity contribution in [1.82, 2.24) is 9.78 Å². The van der Waals surface area contributed by atoms with Gasteiger partial charge in [0.1, 0.15) is 17.5 Å². The van der Waals surface area contributed by atoms with Crippen molar-refractivity contribution in [3.8, 4) is 5.75 Å². The largest absolute Gasteiger partial charge is 0.496 e. The molecule has 0 spiro atoms. The molecule has 1 heterocycles. The highest BCUT2D eigenvalue weighted by molar-refractivity contribution is 6.30. The summed E-state index contributed by atoms with van der Waals surface area (Å²) in [6.07, 6.45) is 3.40. The number of benzene rings is 1. The Morgan fingerprint density at radius 3 is 2.83 bits per heavy atom. The monoisotopic (exact) mass is 338 g/mol. The highest BCUT2D eigenvalue weighted by Crippen LogP contribution is 2.30. The molecule has 1 unspecified atom stereocenters. The van der Waals surface area contributed by atoms with Crippen molar-refractivity contribution in [2.75, 3.05) is 12.4 Å². The van der Waals surface area contributed by atoms with E-state index in [9.17, 15) is 14.9 Å². The topological polar surface area (TPSA) is 99.3 Å². The lowest BCUT2D eigenvalue weighted by molar-refractivity contribution is -0.384. The number of nitro benzene ring substituents is 1. The van der Waals surface area contributed by atoms with Gasteiger partial charge in [-0.15, -0.1) is 0 Å². The minimum Gasteiger partial charge on any atom is -0.496 e. The van der Waals surface area contributed by atoms with Gasteiger partial charge in [0.2, 0.25) is 5.91 Å². The van der Waals surface area contributed by atoms with Crippen molar-refractivity contribution in [1.29, 1.82) is 0 Å². The maximum atomic E-state index is 12.4. The van der Waals surface area contributed by atoms with E-state index in [1.807, 2.05) is 6.92 Å². The van der Waals surface area contributed by atoms with E-state index in [2.05, 4.69) is 10.4 Å². The van der Waals surface area contributed by atoms with Gasteiger partial charge in [-0.3, -0.25) is 19.6 Å². The smallest absolute Gasteiger partial charge is 0.296 e. The standard InChI is InChI=1S/C14H15ClN4O4/c1-3-12(18-8-9(15)7-16-18)14(20)17-11-5-4-10(23-2)6-13(11)19(21)22/h4-8,12H,3H2,1-2H3,(H,17,20). The third-order valence-corrected chi connectivity index (χ3v) is 3.43. The second kappa shape index (κ2) is 7.10. The quantitative estimate of drug-likeness (QED) is 0.644. The van der Waals surface area contributed by atoms with Crippen molar-refractivity contribution in [3.05, 3.63) is 45.7 Å². The molecular formula is C14H15ClN4O4. The van der Waals surface area contributed by atoms with E-state index in [-0.39, 0.29) is 11.4 Å². The molecule has 1 amide bonds. The Morgan fingerprint density at radius 2 is 2.30 bits per heavy atom. The van der Waals surface area contributed by atoms with Crippen molar-refractivity contribution in [3.63, 3.8) is 0 Å². The molecule has 2 rings (SSSR count). The molecule has 0 radical (unpaired) electrons. The fourth-order valence-corrected chi connectivity index (χ4v) is 2.23. The second-order valence-electron chi connectivity index (χ2n) is 4.69. The van der Waals surface area contributed by atoms with Crippen LogP contribution < -0.4 is 10.1 Å². The summed E-state index contributed by atoms with van der Waals surface area (Å²) >= 11 is 5.81. The van der Waals surface area contributed by atoms with Crippen LogP contribution in [0.5, 0.6) is 5.75 Å². The summed E-state index contributed by atoms with van der Waals surface area (Å²) in [5.74, 6) is -0.0823. The molecule has 23 heavy (non-hydrogen) atoms. The van der Waals surface area contributed by atoms with Crippen LogP contribution in [-0.4, -0.2) is 27.7 Å². The predicted molar refractivity (Wildman–Crippen MR) is 84.8 cm³/mol. The minimum absolute atomic E-state index is 0.0949. The lowest BCUT2D eigenvalue weighted by Crippen LogP contribution is -2.26. The lowest BCUT2D eigenvalue weighted by Gasteiger charge is -2.15. The molecule has 0 fully saturated rings. The molecule has 0 aliphatic rings. The molecule has 1 aromatic carbocycles. The van der Waals surface area contributed by atoms with Crippen LogP contribution in [0, 0.1) is 10.1 Å². The van der Waals surface area contributed by atoms with Crippen LogP contribution in [0.2, 0.25) is 5.02 Å². The Bertz CT molecular complexity index is 731. The molecule has 2 aromatic rings. The molecule has 0 aliphatic carbocycles. The molecule has 1 atom stereocenters. The molecule has 9 heteroatoms. The number of amides is 1. The zero-order valence-electron chi connectivity index (χ0n) is 12.5. The van der Waals surface area contributed by atoms with Gasteiger partial charge >= 0.3 is 0 Å². The van der Waals surface area contributed by atoms with Gasteiger partial charge < -0.3 is 10.1 Å².